The van der Waals surface area contributed by atoms with E-state index in [0.717, 1.165) is 11.1 Å². The first kappa shape index (κ1) is 24.0. The molecule has 0 bridgehead atoms. The van der Waals surface area contributed by atoms with Crippen LogP contribution in [-0.4, -0.2) is 21.4 Å². The molecule has 0 spiro atoms. The second-order valence-electron chi connectivity index (χ2n) is 7.86. The molecule has 0 aliphatic heterocycles. The Kier molecular flexibility index (Phi) is 7.48. The molecule has 0 aliphatic carbocycles. The standard InChI is InChI=1S/C28H26N2O4S/c1-34-24-16-18-25(19-17-24)35(32,33)30(21-23-12-6-3-7-13-23)27-15-9-8-14-26(27)28(31)29-20-22-10-4-2-5-11-22/h2-19H,20-21H2,1H3,(H,29,31). The third kappa shape index (κ3) is 5.70. The number of hydrogen-bond acceptors (Lipinski definition) is 4. The van der Waals surface area contributed by atoms with Crippen molar-refractivity contribution in [1.82, 2.24) is 5.32 Å². The van der Waals surface area contributed by atoms with E-state index in [9.17, 15) is 13.2 Å². The number of methoxy groups -OCH3 is 1. The van der Waals surface area contributed by atoms with Gasteiger partial charge in [-0.15, -0.1) is 0 Å². The van der Waals surface area contributed by atoms with Crippen LogP contribution in [0.1, 0.15) is 21.5 Å². The molecule has 0 saturated carbocycles. The smallest absolute Gasteiger partial charge is 0.264 e. The van der Waals surface area contributed by atoms with Crippen LogP contribution in [0.3, 0.4) is 0 Å². The van der Waals surface area contributed by atoms with Gasteiger partial charge in [0.2, 0.25) is 0 Å². The van der Waals surface area contributed by atoms with Gasteiger partial charge < -0.3 is 10.1 Å². The zero-order valence-corrected chi connectivity index (χ0v) is 20.1. The van der Waals surface area contributed by atoms with Crippen LogP contribution in [0.25, 0.3) is 0 Å². The minimum atomic E-state index is -4.00. The Labute approximate surface area is 205 Å². The first-order valence-electron chi connectivity index (χ1n) is 11.1. The van der Waals surface area contributed by atoms with Gasteiger partial charge in [-0.25, -0.2) is 8.42 Å². The lowest BCUT2D eigenvalue weighted by atomic mass is 10.1. The summed E-state index contributed by atoms with van der Waals surface area (Å²) in [6.07, 6.45) is 0. The summed E-state index contributed by atoms with van der Waals surface area (Å²) in [6.45, 7) is 0.399. The number of carbonyl (C=O) groups excluding carboxylic acids is 1. The topological polar surface area (TPSA) is 75.7 Å². The van der Waals surface area contributed by atoms with Crippen molar-refractivity contribution < 1.29 is 17.9 Å². The fraction of sp³-hybridized carbons (Fsp3) is 0.107. The van der Waals surface area contributed by atoms with Gasteiger partial charge in [0.15, 0.2) is 0 Å². The fourth-order valence-corrected chi connectivity index (χ4v) is 5.15. The number of carbonyl (C=O) groups is 1. The van der Waals surface area contributed by atoms with Crippen molar-refractivity contribution >= 4 is 21.6 Å². The normalized spacial score (nSPS) is 11.0. The molecule has 4 aromatic carbocycles. The maximum absolute atomic E-state index is 13.8. The van der Waals surface area contributed by atoms with Crippen molar-refractivity contribution in [3.8, 4) is 5.75 Å². The number of sulfonamides is 1. The van der Waals surface area contributed by atoms with E-state index < -0.39 is 10.0 Å². The van der Waals surface area contributed by atoms with Crippen LogP contribution in [0, 0.1) is 0 Å². The second-order valence-corrected chi connectivity index (χ2v) is 9.72. The molecule has 4 aromatic rings. The number of amides is 1. The Balaban J connectivity index is 1.72. The molecule has 0 radical (unpaired) electrons. The van der Waals surface area contributed by atoms with E-state index in [1.165, 1.54) is 23.5 Å². The molecule has 4 rings (SSSR count). The van der Waals surface area contributed by atoms with Gasteiger partial charge in [0.05, 0.1) is 29.8 Å². The van der Waals surface area contributed by atoms with Crippen LogP contribution in [0.15, 0.2) is 114 Å². The number of ether oxygens (including phenoxy) is 1. The van der Waals surface area contributed by atoms with Gasteiger partial charge in [0.1, 0.15) is 5.75 Å². The molecule has 0 unspecified atom stereocenters. The minimum absolute atomic E-state index is 0.0676. The number of anilines is 1. The molecule has 6 nitrogen and oxygen atoms in total. The Bertz CT molecular complexity index is 1370. The zero-order chi connectivity index (χ0) is 24.7. The maximum Gasteiger partial charge on any atom is 0.264 e. The van der Waals surface area contributed by atoms with Crippen molar-refractivity contribution in [3.05, 3.63) is 126 Å². The summed E-state index contributed by atoms with van der Waals surface area (Å²) in [4.78, 5) is 13.3. The summed E-state index contributed by atoms with van der Waals surface area (Å²) >= 11 is 0. The van der Waals surface area contributed by atoms with Gasteiger partial charge in [-0.05, 0) is 47.5 Å². The van der Waals surface area contributed by atoms with E-state index in [1.54, 1.807) is 36.4 Å². The number of nitrogens with zero attached hydrogens (tertiary/aromatic N) is 1. The van der Waals surface area contributed by atoms with Crippen LogP contribution in [0.5, 0.6) is 5.75 Å². The lowest BCUT2D eigenvalue weighted by Crippen LogP contribution is -2.33. The third-order valence-electron chi connectivity index (χ3n) is 5.53. The second kappa shape index (κ2) is 10.9. The van der Waals surface area contributed by atoms with E-state index in [2.05, 4.69) is 5.32 Å². The SMILES string of the molecule is COc1ccc(S(=O)(=O)N(Cc2ccccc2)c2ccccc2C(=O)NCc2ccccc2)cc1. The van der Waals surface area contributed by atoms with E-state index in [0.29, 0.717) is 18.0 Å². The van der Waals surface area contributed by atoms with Crippen LogP contribution >= 0.6 is 0 Å². The Morgan fingerprint density at radius 3 is 1.97 bits per heavy atom. The van der Waals surface area contributed by atoms with E-state index in [4.69, 9.17) is 4.74 Å². The van der Waals surface area contributed by atoms with Gasteiger partial charge in [0, 0.05) is 6.54 Å². The predicted octanol–water partition coefficient (Wildman–Crippen LogP) is 5.02. The summed E-state index contributed by atoms with van der Waals surface area (Å²) in [7, 11) is -2.48. The lowest BCUT2D eigenvalue weighted by molar-refractivity contribution is 0.0951. The highest BCUT2D eigenvalue weighted by molar-refractivity contribution is 7.92. The molecule has 1 amide bonds. The number of benzene rings is 4. The maximum atomic E-state index is 13.8. The minimum Gasteiger partial charge on any atom is -0.497 e. The molecule has 178 valence electrons. The molecule has 0 saturated heterocycles. The zero-order valence-electron chi connectivity index (χ0n) is 19.3. The summed E-state index contributed by atoms with van der Waals surface area (Å²) in [5.74, 6) is 0.201. The van der Waals surface area contributed by atoms with Crippen molar-refractivity contribution in [2.45, 2.75) is 18.0 Å². The van der Waals surface area contributed by atoms with Crippen LogP contribution < -0.4 is 14.4 Å². The van der Waals surface area contributed by atoms with E-state index in [1.807, 2.05) is 60.7 Å². The first-order chi connectivity index (χ1) is 17.0. The molecule has 35 heavy (non-hydrogen) atoms. The molecule has 0 fully saturated rings. The van der Waals surface area contributed by atoms with Gasteiger partial charge in [-0.3, -0.25) is 9.10 Å². The molecule has 0 aliphatic rings. The van der Waals surface area contributed by atoms with Crippen LogP contribution in [0.4, 0.5) is 5.69 Å². The Morgan fingerprint density at radius 1 is 0.771 bits per heavy atom. The van der Waals surface area contributed by atoms with Crippen molar-refractivity contribution in [2.75, 3.05) is 11.4 Å². The largest absolute Gasteiger partial charge is 0.497 e. The van der Waals surface area contributed by atoms with E-state index in [-0.39, 0.29) is 22.9 Å². The summed E-state index contributed by atoms with van der Waals surface area (Å²) < 4.78 is 34.1. The molecule has 0 heterocycles. The van der Waals surface area contributed by atoms with Gasteiger partial charge in [-0.2, -0.15) is 0 Å². The third-order valence-corrected chi connectivity index (χ3v) is 7.30. The highest BCUT2D eigenvalue weighted by atomic mass is 32.2. The van der Waals surface area contributed by atoms with Crippen LogP contribution in [0.2, 0.25) is 0 Å². The molecule has 0 atom stereocenters. The summed E-state index contributed by atoms with van der Waals surface area (Å²) in [5, 5.41) is 2.90. The van der Waals surface area contributed by atoms with Gasteiger partial charge in [0.25, 0.3) is 15.9 Å². The molecule has 7 heteroatoms. The van der Waals surface area contributed by atoms with Crippen molar-refractivity contribution in [2.24, 2.45) is 0 Å². The van der Waals surface area contributed by atoms with Crippen molar-refractivity contribution in [1.29, 1.82) is 0 Å². The lowest BCUT2D eigenvalue weighted by Gasteiger charge is -2.26. The quantitative estimate of drug-likeness (QED) is 0.360. The number of nitrogens with one attached hydrogen (secondary N) is 1. The highest BCUT2D eigenvalue weighted by Gasteiger charge is 2.28. The summed E-state index contributed by atoms with van der Waals surface area (Å²) in [6, 6.07) is 31.8. The Hall–Kier alpha value is -4.10. The van der Waals surface area contributed by atoms with Crippen LogP contribution in [-0.2, 0) is 23.1 Å². The molecular weight excluding hydrogens is 460 g/mol. The first-order valence-corrected chi connectivity index (χ1v) is 12.5. The molecule has 1 N–H and O–H groups in total. The summed E-state index contributed by atoms with van der Waals surface area (Å²) in [5.41, 5.74) is 2.32. The molecule has 0 aromatic heterocycles. The molecular formula is C28H26N2O4S. The number of hydrogen-bond donors (Lipinski definition) is 1. The van der Waals surface area contributed by atoms with Crippen molar-refractivity contribution in [3.63, 3.8) is 0 Å². The average Bonchev–Trinajstić information content (AvgIpc) is 2.91. The monoisotopic (exact) mass is 486 g/mol. The number of rotatable bonds is 9. The van der Waals surface area contributed by atoms with Gasteiger partial charge in [-0.1, -0.05) is 72.8 Å². The Morgan fingerprint density at radius 2 is 1.34 bits per heavy atom. The average molecular weight is 487 g/mol. The fourth-order valence-electron chi connectivity index (χ4n) is 3.68. The predicted molar refractivity (Wildman–Crippen MR) is 137 cm³/mol. The highest BCUT2D eigenvalue weighted by Crippen LogP contribution is 2.30. The van der Waals surface area contributed by atoms with Gasteiger partial charge >= 0.3 is 0 Å². The number of para-hydroxylation sites is 1. The van der Waals surface area contributed by atoms with E-state index >= 15 is 0 Å².